The standard InChI is InChI=1S/C10H5F3N2O2/c11-5-1-2-7(9(13)8(5)12)15-4-3-6(14-15)10(16)17/h1-4H,(H,16,17). The van der Waals surface area contributed by atoms with Crippen LogP contribution in [0.1, 0.15) is 10.5 Å². The van der Waals surface area contributed by atoms with Crippen LogP contribution in [0.4, 0.5) is 13.2 Å². The minimum Gasteiger partial charge on any atom is -0.476 e. The van der Waals surface area contributed by atoms with Gasteiger partial charge in [-0.15, -0.1) is 0 Å². The number of carboxylic acid groups (broad SMARTS) is 1. The van der Waals surface area contributed by atoms with Crippen molar-refractivity contribution < 1.29 is 23.1 Å². The van der Waals surface area contributed by atoms with Gasteiger partial charge in [0.15, 0.2) is 23.1 Å². The Morgan fingerprint density at radius 2 is 1.88 bits per heavy atom. The average Bonchev–Trinajstić information content (AvgIpc) is 2.75. The van der Waals surface area contributed by atoms with Crippen LogP contribution in [0.5, 0.6) is 0 Å². The van der Waals surface area contributed by atoms with Crippen LogP contribution in [-0.4, -0.2) is 20.9 Å². The number of hydrogen-bond donors (Lipinski definition) is 1. The summed E-state index contributed by atoms with van der Waals surface area (Å²) >= 11 is 0. The van der Waals surface area contributed by atoms with E-state index in [1.54, 1.807) is 0 Å². The van der Waals surface area contributed by atoms with E-state index in [1.807, 2.05) is 0 Å². The Hall–Kier alpha value is -2.31. The fourth-order valence-electron chi connectivity index (χ4n) is 1.26. The lowest BCUT2D eigenvalue weighted by atomic mass is 10.3. The molecule has 0 bridgehead atoms. The van der Waals surface area contributed by atoms with E-state index in [1.165, 1.54) is 0 Å². The van der Waals surface area contributed by atoms with Gasteiger partial charge >= 0.3 is 5.97 Å². The minimum atomic E-state index is -1.63. The molecule has 1 N–H and O–H groups in total. The molecule has 0 spiro atoms. The van der Waals surface area contributed by atoms with Crippen molar-refractivity contribution in [3.63, 3.8) is 0 Å². The topological polar surface area (TPSA) is 55.1 Å². The number of aromatic carboxylic acids is 1. The molecule has 4 nitrogen and oxygen atoms in total. The highest BCUT2D eigenvalue weighted by Crippen LogP contribution is 2.18. The summed E-state index contributed by atoms with van der Waals surface area (Å²) in [6.45, 7) is 0. The Morgan fingerprint density at radius 1 is 1.18 bits per heavy atom. The van der Waals surface area contributed by atoms with Crippen LogP contribution >= 0.6 is 0 Å². The largest absolute Gasteiger partial charge is 0.476 e. The molecule has 0 fully saturated rings. The van der Waals surface area contributed by atoms with Gasteiger partial charge < -0.3 is 5.11 Å². The van der Waals surface area contributed by atoms with Gasteiger partial charge in [0.2, 0.25) is 0 Å². The Kier molecular flexibility index (Phi) is 2.58. The molecule has 0 saturated heterocycles. The predicted octanol–water partition coefficient (Wildman–Crippen LogP) is 1.99. The van der Waals surface area contributed by atoms with Crippen molar-refractivity contribution in [2.24, 2.45) is 0 Å². The highest BCUT2D eigenvalue weighted by Gasteiger charge is 2.16. The van der Waals surface area contributed by atoms with Crippen molar-refractivity contribution >= 4 is 5.97 Å². The van der Waals surface area contributed by atoms with Crippen LogP contribution in [0.2, 0.25) is 0 Å². The minimum absolute atomic E-state index is 0.325. The highest BCUT2D eigenvalue weighted by atomic mass is 19.2. The monoisotopic (exact) mass is 242 g/mol. The van der Waals surface area contributed by atoms with E-state index in [4.69, 9.17) is 5.11 Å². The SMILES string of the molecule is O=C(O)c1ccn(-c2ccc(F)c(F)c2F)n1. The molecule has 88 valence electrons. The smallest absolute Gasteiger partial charge is 0.356 e. The summed E-state index contributed by atoms with van der Waals surface area (Å²) in [6.07, 6.45) is 1.14. The first kappa shape index (κ1) is 11.2. The quantitative estimate of drug-likeness (QED) is 0.819. The summed E-state index contributed by atoms with van der Waals surface area (Å²) in [4.78, 5) is 10.5. The van der Waals surface area contributed by atoms with Crippen molar-refractivity contribution in [2.45, 2.75) is 0 Å². The van der Waals surface area contributed by atoms with Crippen molar-refractivity contribution in [2.75, 3.05) is 0 Å². The van der Waals surface area contributed by atoms with Gasteiger partial charge in [-0.25, -0.2) is 22.6 Å². The van der Waals surface area contributed by atoms with Crippen LogP contribution in [0, 0.1) is 17.5 Å². The molecule has 17 heavy (non-hydrogen) atoms. The van der Waals surface area contributed by atoms with Crippen molar-refractivity contribution in [1.82, 2.24) is 9.78 Å². The number of halogens is 3. The number of rotatable bonds is 2. The van der Waals surface area contributed by atoms with Crippen LogP contribution < -0.4 is 0 Å². The van der Waals surface area contributed by atoms with Crippen molar-refractivity contribution in [3.05, 3.63) is 47.5 Å². The van der Waals surface area contributed by atoms with Gasteiger partial charge in [0, 0.05) is 6.20 Å². The molecule has 0 aliphatic rings. The molecular weight excluding hydrogens is 237 g/mol. The zero-order valence-corrected chi connectivity index (χ0v) is 8.19. The second-order valence-corrected chi connectivity index (χ2v) is 3.15. The first-order valence-electron chi connectivity index (χ1n) is 4.43. The zero-order valence-electron chi connectivity index (χ0n) is 8.19. The van der Waals surface area contributed by atoms with Gasteiger partial charge in [-0.05, 0) is 18.2 Å². The summed E-state index contributed by atoms with van der Waals surface area (Å²) in [5.41, 5.74) is -0.689. The van der Waals surface area contributed by atoms with Gasteiger partial charge in [-0.3, -0.25) is 0 Å². The van der Waals surface area contributed by atoms with E-state index in [2.05, 4.69) is 5.10 Å². The molecule has 0 unspecified atom stereocenters. The molecule has 0 amide bonds. The molecule has 1 aromatic heterocycles. The molecule has 0 aliphatic heterocycles. The van der Waals surface area contributed by atoms with Gasteiger partial charge in [-0.2, -0.15) is 5.10 Å². The second kappa shape index (κ2) is 3.93. The zero-order chi connectivity index (χ0) is 12.6. The summed E-state index contributed by atoms with van der Waals surface area (Å²) in [7, 11) is 0. The molecule has 0 aliphatic carbocycles. The van der Waals surface area contributed by atoms with E-state index in [0.717, 1.165) is 29.1 Å². The third kappa shape index (κ3) is 1.86. The van der Waals surface area contributed by atoms with Gasteiger partial charge in [0.25, 0.3) is 0 Å². The number of nitrogens with zero attached hydrogens (tertiary/aromatic N) is 2. The maximum Gasteiger partial charge on any atom is 0.356 e. The molecule has 0 saturated carbocycles. The molecule has 1 heterocycles. The molecule has 7 heteroatoms. The predicted molar refractivity (Wildman–Crippen MR) is 50.4 cm³/mol. The van der Waals surface area contributed by atoms with Crippen LogP contribution in [-0.2, 0) is 0 Å². The van der Waals surface area contributed by atoms with Crippen molar-refractivity contribution in [1.29, 1.82) is 0 Å². The first-order valence-corrected chi connectivity index (χ1v) is 4.43. The summed E-state index contributed by atoms with van der Waals surface area (Å²) in [5, 5.41) is 12.1. The Morgan fingerprint density at radius 3 is 2.47 bits per heavy atom. The van der Waals surface area contributed by atoms with Crippen molar-refractivity contribution in [3.8, 4) is 5.69 Å². The second-order valence-electron chi connectivity index (χ2n) is 3.15. The molecule has 2 aromatic rings. The van der Waals surface area contributed by atoms with Crippen LogP contribution in [0.3, 0.4) is 0 Å². The number of benzene rings is 1. The Balaban J connectivity index is 2.53. The molecule has 0 atom stereocenters. The third-order valence-electron chi connectivity index (χ3n) is 2.07. The Bertz CT molecular complexity index is 595. The van der Waals surface area contributed by atoms with E-state index in [-0.39, 0.29) is 11.4 Å². The fraction of sp³-hybridized carbons (Fsp3) is 0. The molecule has 0 radical (unpaired) electrons. The molecule has 2 rings (SSSR count). The van der Waals surface area contributed by atoms with E-state index in [0.29, 0.717) is 0 Å². The van der Waals surface area contributed by atoms with Gasteiger partial charge in [-0.1, -0.05) is 0 Å². The molecule has 1 aromatic carbocycles. The molecular formula is C10H5F3N2O2. The average molecular weight is 242 g/mol. The summed E-state index contributed by atoms with van der Waals surface area (Å²) < 4.78 is 39.8. The maximum atomic E-state index is 13.3. The summed E-state index contributed by atoms with van der Waals surface area (Å²) in [5.74, 6) is -5.68. The number of aromatic nitrogens is 2. The van der Waals surface area contributed by atoms with E-state index < -0.39 is 23.4 Å². The number of carbonyl (C=O) groups is 1. The van der Waals surface area contributed by atoms with E-state index in [9.17, 15) is 18.0 Å². The van der Waals surface area contributed by atoms with E-state index >= 15 is 0 Å². The highest BCUT2D eigenvalue weighted by molar-refractivity contribution is 5.85. The Labute approximate surface area is 92.9 Å². The number of carboxylic acids is 1. The number of hydrogen-bond acceptors (Lipinski definition) is 2. The van der Waals surface area contributed by atoms with Crippen LogP contribution in [0.15, 0.2) is 24.4 Å². The van der Waals surface area contributed by atoms with Gasteiger partial charge in [0.05, 0.1) is 0 Å². The third-order valence-corrected chi connectivity index (χ3v) is 2.07. The lowest BCUT2D eigenvalue weighted by Crippen LogP contribution is -2.04. The van der Waals surface area contributed by atoms with Gasteiger partial charge in [0.1, 0.15) is 5.69 Å². The normalized spacial score (nSPS) is 10.5. The fourth-order valence-corrected chi connectivity index (χ4v) is 1.26. The van der Waals surface area contributed by atoms with Crippen LogP contribution in [0.25, 0.3) is 5.69 Å². The lowest BCUT2D eigenvalue weighted by molar-refractivity contribution is 0.0690. The first-order chi connectivity index (χ1) is 8.00. The lowest BCUT2D eigenvalue weighted by Gasteiger charge is -2.03. The summed E-state index contributed by atoms with van der Waals surface area (Å²) in [6, 6.07) is 2.81. The maximum absolute atomic E-state index is 13.3.